The highest BCUT2D eigenvalue weighted by Crippen LogP contribution is 2.44. The monoisotopic (exact) mass is 341 g/mol. The summed E-state index contributed by atoms with van der Waals surface area (Å²) in [6, 6.07) is -0.936. The van der Waals surface area contributed by atoms with Crippen LogP contribution in [-0.4, -0.2) is 41.3 Å². The smallest absolute Gasteiger partial charge is 0.480 e. The summed E-state index contributed by atoms with van der Waals surface area (Å²) in [5, 5.41) is 11.5. The zero-order chi connectivity index (χ0) is 18.3. The maximum absolute atomic E-state index is 14.6. The van der Waals surface area contributed by atoms with Gasteiger partial charge in [0.25, 0.3) is 0 Å². The Bertz CT molecular complexity index is 551. The molecule has 0 bridgehead atoms. The van der Waals surface area contributed by atoms with E-state index in [0.717, 1.165) is 0 Å². The number of rotatable bonds is 5. The molecule has 1 amide bonds. The van der Waals surface area contributed by atoms with Crippen molar-refractivity contribution in [3.05, 3.63) is 11.3 Å². The minimum Gasteiger partial charge on any atom is -0.480 e. The van der Waals surface area contributed by atoms with Crippen LogP contribution >= 0.6 is 0 Å². The average Bonchev–Trinajstić information content (AvgIpc) is 2.59. The summed E-state index contributed by atoms with van der Waals surface area (Å²) >= 11 is 0. The highest BCUT2D eigenvalue weighted by atomic mass is 19.1. The molecular formula is C16H25BFNO5. The van der Waals surface area contributed by atoms with Gasteiger partial charge in [0.2, 0.25) is 5.91 Å². The number of carboxylic acids is 1. The van der Waals surface area contributed by atoms with Gasteiger partial charge in [0, 0.05) is 6.92 Å². The highest BCUT2D eigenvalue weighted by Gasteiger charge is 2.54. The minimum atomic E-state index is -1.07. The van der Waals surface area contributed by atoms with Gasteiger partial charge in [-0.15, -0.1) is 0 Å². The Labute approximate surface area is 141 Å². The van der Waals surface area contributed by atoms with Crippen LogP contribution in [0.4, 0.5) is 4.39 Å². The molecule has 0 radical (unpaired) electrons. The molecule has 1 atom stereocenters. The van der Waals surface area contributed by atoms with Crippen molar-refractivity contribution in [2.75, 3.05) is 0 Å². The zero-order valence-corrected chi connectivity index (χ0v) is 14.8. The maximum Gasteiger partial charge on any atom is 0.525 e. The number of carboxylic acid groups (broad SMARTS) is 1. The number of nitrogens with one attached hydrogen (secondary N) is 1. The Morgan fingerprint density at radius 1 is 1.29 bits per heavy atom. The molecule has 2 N–H and O–H groups in total. The molecule has 0 aromatic heterocycles. The quantitative estimate of drug-likeness (QED) is 0.749. The number of aliphatic carboxylic acids is 1. The fraction of sp³-hybridized carbons (Fsp3) is 0.750. The van der Waals surface area contributed by atoms with E-state index in [1.165, 1.54) is 6.92 Å². The first kappa shape index (κ1) is 18.9. The van der Waals surface area contributed by atoms with Crippen molar-refractivity contribution in [2.24, 2.45) is 5.92 Å². The second kappa shape index (κ2) is 6.48. The van der Waals surface area contributed by atoms with Crippen LogP contribution in [-0.2, 0) is 18.9 Å². The van der Waals surface area contributed by atoms with E-state index in [0.29, 0.717) is 18.4 Å². The Morgan fingerprint density at radius 2 is 1.79 bits per heavy atom. The van der Waals surface area contributed by atoms with Crippen LogP contribution in [0.25, 0.3) is 0 Å². The predicted molar refractivity (Wildman–Crippen MR) is 86.8 cm³/mol. The molecule has 2 fully saturated rings. The number of hydrogen-bond acceptors (Lipinski definition) is 4. The van der Waals surface area contributed by atoms with Crippen molar-refractivity contribution >= 4 is 19.0 Å². The third-order valence-electron chi connectivity index (χ3n) is 5.11. The molecule has 2 rings (SSSR count). The second-order valence-electron chi connectivity index (χ2n) is 7.64. The lowest BCUT2D eigenvalue weighted by molar-refractivity contribution is -0.142. The standard InChI is InChI=1S/C16H25BFNO5/c1-9(20)19-12(14(21)22)8-10-6-11(7-10)13(18)17-23-15(2,3)16(4,5)24-17/h10,12H,6-8H2,1-5H3,(H,19,20)(H,21,22). The molecule has 24 heavy (non-hydrogen) atoms. The number of amides is 1. The van der Waals surface area contributed by atoms with Gasteiger partial charge >= 0.3 is 13.1 Å². The van der Waals surface area contributed by atoms with E-state index in [2.05, 4.69) is 5.32 Å². The van der Waals surface area contributed by atoms with Crippen molar-refractivity contribution in [1.82, 2.24) is 5.32 Å². The van der Waals surface area contributed by atoms with Gasteiger partial charge in [-0.25, -0.2) is 9.18 Å². The summed E-state index contributed by atoms with van der Waals surface area (Å²) in [7, 11) is -1.00. The summed E-state index contributed by atoms with van der Waals surface area (Å²) in [6.45, 7) is 8.72. The van der Waals surface area contributed by atoms with Crippen LogP contribution in [0, 0.1) is 5.92 Å². The molecule has 1 unspecified atom stereocenters. The maximum atomic E-state index is 14.6. The van der Waals surface area contributed by atoms with Gasteiger partial charge < -0.3 is 19.7 Å². The number of carbonyl (C=O) groups excluding carboxylic acids is 1. The van der Waals surface area contributed by atoms with Crippen molar-refractivity contribution < 1.29 is 28.4 Å². The van der Waals surface area contributed by atoms with Gasteiger partial charge in [-0.05, 0) is 58.4 Å². The average molecular weight is 341 g/mol. The van der Waals surface area contributed by atoms with Crippen LogP contribution in [0.2, 0.25) is 0 Å². The summed E-state index contributed by atoms with van der Waals surface area (Å²) in [5.41, 5.74) is -1.00. The van der Waals surface area contributed by atoms with E-state index in [4.69, 9.17) is 14.4 Å². The first-order chi connectivity index (χ1) is 10.9. The summed E-state index contributed by atoms with van der Waals surface area (Å²) in [4.78, 5) is 22.2. The predicted octanol–water partition coefficient (Wildman–Crippen LogP) is 2.23. The van der Waals surface area contributed by atoms with Gasteiger partial charge in [-0.3, -0.25) is 4.79 Å². The Balaban J connectivity index is 1.94. The molecule has 2 aliphatic rings. The van der Waals surface area contributed by atoms with E-state index in [-0.39, 0.29) is 18.2 Å². The fourth-order valence-corrected chi connectivity index (χ4v) is 2.91. The largest absolute Gasteiger partial charge is 0.525 e. The molecule has 1 saturated heterocycles. The molecule has 1 aliphatic carbocycles. The van der Waals surface area contributed by atoms with E-state index in [1.807, 2.05) is 27.7 Å². The van der Waals surface area contributed by atoms with Crippen LogP contribution in [0.3, 0.4) is 0 Å². The molecule has 0 aromatic carbocycles. The van der Waals surface area contributed by atoms with Crippen LogP contribution < -0.4 is 5.32 Å². The Morgan fingerprint density at radius 3 is 2.21 bits per heavy atom. The molecule has 1 heterocycles. The van der Waals surface area contributed by atoms with Gasteiger partial charge in [0.15, 0.2) is 0 Å². The topological polar surface area (TPSA) is 84.9 Å². The van der Waals surface area contributed by atoms with Crippen LogP contribution in [0.1, 0.15) is 53.9 Å². The molecule has 1 saturated carbocycles. The van der Waals surface area contributed by atoms with E-state index >= 15 is 0 Å². The van der Waals surface area contributed by atoms with Gasteiger partial charge in [0.1, 0.15) is 11.8 Å². The zero-order valence-electron chi connectivity index (χ0n) is 14.8. The Kier molecular flexibility index (Phi) is 5.11. The number of halogens is 1. The lowest BCUT2D eigenvalue weighted by atomic mass is 9.70. The molecule has 134 valence electrons. The lowest BCUT2D eigenvalue weighted by Gasteiger charge is -2.32. The summed E-state index contributed by atoms with van der Waals surface area (Å²) < 4.78 is 25.9. The number of carbonyl (C=O) groups is 2. The normalized spacial score (nSPS) is 25.8. The first-order valence-electron chi connectivity index (χ1n) is 8.16. The van der Waals surface area contributed by atoms with Gasteiger partial charge in [-0.1, -0.05) is 0 Å². The van der Waals surface area contributed by atoms with Crippen molar-refractivity contribution in [2.45, 2.75) is 71.1 Å². The lowest BCUT2D eigenvalue weighted by Crippen LogP contribution is -2.42. The number of allylic oxidation sites excluding steroid dienone is 1. The summed E-state index contributed by atoms with van der Waals surface area (Å²) in [5.74, 6) is -1.43. The molecule has 0 spiro atoms. The van der Waals surface area contributed by atoms with Gasteiger partial charge in [0.05, 0.1) is 11.2 Å². The van der Waals surface area contributed by atoms with Gasteiger partial charge in [-0.2, -0.15) is 0 Å². The molecule has 6 nitrogen and oxygen atoms in total. The fourth-order valence-electron chi connectivity index (χ4n) is 2.91. The van der Waals surface area contributed by atoms with Crippen molar-refractivity contribution in [1.29, 1.82) is 0 Å². The van der Waals surface area contributed by atoms with Crippen LogP contribution in [0.15, 0.2) is 11.3 Å². The third-order valence-corrected chi connectivity index (χ3v) is 5.11. The second-order valence-corrected chi connectivity index (χ2v) is 7.64. The highest BCUT2D eigenvalue weighted by molar-refractivity contribution is 6.53. The van der Waals surface area contributed by atoms with E-state index < -0.39 is 36.1 Å². The SMILES string of the molecule is CC(=O)NC(CC1CC(=C(F)B2OC(C)(C)C(C)(C)O2)C1)C(=O)O. The Hall–Kier alpha value is -1.41. The third kappa shape index (κ3) is 3.80. The van der Waals surface area contributed by atoms with Crippen molar-refractivity contribution in [3.63, 3.8) is 0 Å². The molecule has 1 aliphatic heterocycles. The van der Waals surface area contributed by atoms with Crippen LogP contribution in [0.5, 0.6) is 0 Å². The van der Waals surface area contributed by atoms with Crippen molar-refractivity contribution in [3.8, 4) is 0 Å². The molecule has 8 heteroatoms. The van der Waals surface area contributed by atoms with E-state index in [9.17, 15) is 14.0 Å². The minimum absolute atomic E-state index is 0.0288. The first-order valence-corrected chi connectivity index (χ1v) is 8.16. The number of hydrogen-bond donors (Lipinski definition) is 2. The molecular weight excluding hydrogens is 316 g/mol. The molecule has 0 aromatic rings. The van der Waals surface area contributed by atoms with E-state index in [1.54, 1.807) is 0 Å². The summed E-state index contributed by atoms with van der Waals surface area (Å²) in [6.07, 6.45) is 1.20.